The van der Waals surface area contributed by atoms with Crippen LogP contribution in [0, 0.1) is 5.82 Å². The number of benzene rings is 2. The van der Waals surface area contributed by atoms with Gasteiger partial charge < -0.3 is 4.74 Å². The van der Waals surface area contributed by atoms with Crippen molar-refractivity contribution in [3.8, 4) is 5.75 Å². The number of aldehydes is 1. The Balaban J connectivity index is 2.09. The van der Waals surface area contributed by atoms with Crippen molar-refractivity contribution in [2.45, 2.75) is 6.61 Å². The van der Waals surface area contributed by atoms with E-state index in [0.29, 0.717) is 16.3 Å². The van der Waals surface area contributed by atoms with Crippen LogP contribution in [0.3, 0.4) is 0 Å². The molecule has 0 atom stereocenters. The van der Waals surface area contributed by atoms with E-state index in [4.69, 9.17) is 27.9 Å². The van der Waals surface area contributed by atoms with Crippen LogP contribution >= 0.6 is 23.2 Å². The predicted molar refractivity (Wildman–Crippen MR) is 72.6 cm³/mol. The Morgan fingerprint density at radius 2 is 1.89 bits per heavy atom. The first-order valence-corrected chi connectivity index (χ1v) is 6.17. The molecule has 0 aliphatic heterocycles. The maximum atomic E-state index is 13.6. The Morgan fingerprint density at radius 3 is 2.53 bits per heavy atom. The molecule has 5 heteroatoms. The van der Waals surface area contributed by atoms with Gasteiger partial charge in [-0.05, 0) is 35.9 Å². The van der Waals surface area contributed by atoms with Crippen molar-refractivity contribution in [2.75, 3.05) is 0 Å². The molecule has 0 aliphatic rings. The van der Waals surface area contributed by atoms with Crippen molar-refractivity contribution in [1.82, 2.24) is 0 Å². The van der Waals surface area contributed by atoms with Gasteiger partial charge in [-0.15, -0.1) is 0 Å². The normalized spacial score (nSPS) is 10.3. The minimum atomic E-state index is -0.579. The number of ether oxygens (including phenoxy) is 1. The highest BCUT2D eigenvalue weighted by Gasteiger charge is 2.06. The molecule has 0 spiro atoms. The molecular weight excluding hydrogens is 290 g/mol. The fourth-order valence-corrected chi connectivity index (χ4v) is 1.82. The van der Waals surface area contributed by atoms with E-state index in [0.717, 1.165) is 11.6 Å². The summed E-state index contributed by atoms with van der Waals surface area (Å²) in [4.78, 5) is 10.5. The van der Waals surface area contributed by atoms with Crippen molar-refractivity contribution in [3.63, 3.8) is 0 Å². The highest BCUT2D eigenvalue weighted by Crippen LogP contribution is 2.24. The second-order valence-electron chi connectivity index (χ2n) is 3.84. The van der Waals surface area contributed by atoms with Crippen molar-refractivity contribution in [2.24, 2.45) is 0 Å². The molecule has 2 aromatic rings. The number of hydrogen-bond acceptors (Lipinski definition) is 2. The molecule has 0 aliphatic carbocycles. The minimum Gasteiger partial charge on any atom is -0.486 e. The zero-order chi connectivity index (χ0) is 13.8. The Hall–Kier alpha value is -1.58. The van der Waals surface area contributed by atoms with Crippen molar-refractivity contribution in [3.05, 3.63) is 63.4 Å². The van der Waals surface area contributed by atoms with E-state index in [-0.39, 0.29) is 17.9 Å². The average Bonchev–Trinajstić information content (AvgIpc) is 2.41. The van der Waals surface area contributed by atoms with Crippen LogP contribution in [0.25, 0.3) is 0 Å². The summed E-state index contributed by atoms with van der Waals surface area (Å²) in [6, 6.07) is 9.07. The molecule has 0 heterocycles. The molecular formula is C14H9Cl2FO2. The Morgan fingerprint density at radius 1 is 1.11 bits per heavy atom. The first-order valence-electron chi connectivity index (χ1n) is 5.41. The summed E-state index contributed by atoms with van der Waals surface area (Å²) < 4.78 is 18.9. The molecule has 0 aromatic heterocycles. The van der Waals surface area contributed by atoms with Gasteiger partial charge in [0.15, 0.2) is 11.6 Å². The van der Waals surface area contributed by atoms with Crippen molar-refractivity contribution in [1.29, 1.82) is 0 Å². The van der Waals surface area contributed by atoms with Crippen LogP contribution in [0.1, 0.15) is 15.9 Å². The fraction of sp³-hybridized carbons (Fsp3) is 0.0714. The lowest BCUT2D eigenvalue weighted by atomic mass is 10.2. The summed E-state index contributed by atoms with van der Waals surface area (Å²) in [6.45, 7) is 0.161. The van der Waals surface area contributed by atoms with Crippen LogP contribution in [0.15, 0.2) is 36.4 Å². The van der Waals surface area contributed by atoms with Gasteiger partial charge in [-0.2, -0.15) is 0 Å². The summed E-state index contributed by atoms with van der Waals surface area (Å²) in [6.07, 6.45) is 0.575. The molecule has 0 radical (unpaired) electrons. The number of carbonyl (C=O) groups excluding carboxylic acids is 1. The second-order valence-corrected chi connectivity index (χ2v) is 4.66. The first-order chi connectivity index (χ1) is 9.10. The summed E-state index contributed by atoms with van der Waals surface area (Å²) in [5, 5.41) is 0.867. The number of carbonyl (C=O) groups is 1. The molecule has 19 heavy (non-hydrogen) atoms. The van der Waals surface area contributed by atoms with Crippen molar-refractivity contribution < 1.29 is 13.9 Å². The molecule has 0 bridgehead atoms. The summed E-state index contributed by atoms with van der Waals surface area (Å²) in [5.74, 6) is -0.499. The van der Waals surface area contributed by atoms with E-state index < -0.39 is 5.82 Å². The van der Waals surface area contributed by atoms with Gasteiger partial charge in [0.2, 0.25) is 0 Å². The lowest BCUT2D eigenvalue weighted by molar-refractivity contribution is 0.112. The van der Waals surface area contributed by atoms with Crippen LogP contribution in [0.2, 0.25) is 10.0 Å². The minimum absolute atomic E-state index is 0.0803. The first kappa shape index (κ1) is 13.8. The van der Waals surface area contributed by atoms with Crippen LogP contribution in [-0.2, 0) is 6.61 Å². The van der Waals surface area contributed by atoms with Crippen LogP contribution in [0.4, 0.5) is 4.39 Å². The molecule has 0 fully saturated rings. The quantitative estimate of drug-likeness (QED) is 0.776. The van der Waals surface area contributed by atoms with Gasteiger partial charge in [-0.3, -0.25) is 4.79 Å². The maximum absolute atomic E-state index is 13.6. The van der Waals surface area contributed by atoms with Gasteiger partial charge in [0.05, 0.1) is 10.0 Å². The monoisotopic (exact) mass is 298 g/mol. The zero-order valence-electron chi connectivity index (χ0n) is 9.70. The highest BCUT2D eigenvalue weighted by molar-refractivity contribution is 6.42. The van der Waals surface area contributed by atoms with E-state index in [1.54, 1.807) is 18.2 Å². The van der Waals surface area contributed by atoms with Gasteiger partial charge in [-0.25, -0.2) is 4.39 Å². The standard InChI is InChI=1S/C14H9Cl2FO2/c15-11-3-1-10(5-12(11)16)8-19-14-4-2-9(7-18)6-13(14)17/h1-7H,8H2. The van der Waals surface area contributed by atoms with E-state index in [2.05, 4.69) is 0 Å². The molecule has 0 unspecified atom stereocenters. The number of halogens is 3. The van der Waals surface area contributed by atoms with Gasteiger partial charge in [-0.1, -0.05) is 29.3 Å². The highest BCUT2D eigenvalue weighted by atomic mass is 35.5. The Labute approximate surface area is 119 Å². The molecule has 0 N–H and O–H groups in total. The van der Waals surface area contributed by atoms with Crippen LogP contribution < -0.4 is 4.74 Å². The molecule has 2 aromatic carbocycles. The fourth-order valence-electron chi connectivity index (χ4n) is 1.50. The van der Waals surface area contributed by atoms with E-state index in [1.807, 2.05) is 0 Å². The lowest BCUT2D eigenvalue weighted by Crippen LogP contribution is -1.98. The largest absolute Gasteiger partial charge is 0.486 e. The maximum Gasteiger partial charge on any atom is 0.165 e. The van der Waals surface area contributed by atoms with Crippen LogP contribution in [0.5, 0.6) is 5.75 Å². The summed E-state index contributed by atoms with van der Waals surface area (Å²) in [5.41, 5.74) is 1.03. The zero-order valence-corrected chi connectivity index (χ0v) is 11.2. The third kappa shape index (κ3) is 3.46. The molecule has 2 nitrogen and oxygen atoms in total. The molecule has 0 saturated heterocycles. The smallest absolute Gasteiger partial charge is 0.165 e. The second kappa shape index (κ2) is 6.04. The molecule has 2 rings (SSSR count). The van der Waals surface area contributed by atoms with E-state index in [1.165, 1.54) is 12.1 Å². The molecule has 98 valence electrons. The topological polar surface area (TPSA) is 26.3 Å². The summed E-state index contributed by atoms with van der Waals surface area (Å²) in [7, 11) is 0. The SMILES string of the molecule is O=Cc1ccc(OCc2ccc(Cl)c(Cl)c2)c(F)c1. The van der Waals surface area contributed by atoms with Gasteiger partial charge in [0, 0.05) is 5.56 Å². The van der Waals surface area contributed by atoms with E-state index in [9.17, 15) is 9.18 Å². The average molecular weight is 299 g/mol. The Bertz CT molecular complexity index is 614. The van der Waals surface area contributed by atoms with Gasteiger partial charge >= 0.3 is 0 Å². The predicted octanol–water partition coefficient (Wildman–Crippen LogP) is 4.52. The van der Waals surface area contributed by atoms with E-state index >= 15 is 0 Å². The molecule has 0 amide bonds. The third-order valence-corrected chi connectivity index (χ3v) is 3.21. The lowest BCUT2D eigenvalue weighted by Gasteiger charge is -2.08. The third-order valence-electron chi connectivity index (χ3n) is 2.47. The number of hydrogen-bond donors (Lipinski definition) is 0. The van der Waals surface area contributed by atoms with Gasteiger partial charge in [0.1, 0.15) is 12.9 Å². The van der Waals surface area contributed by atoms with Crippen molar-refractivity contribution >= 4 is 29.5 Å². The Kier molecular flexibility index (Phi) is 4.40. The summed E-state index contributed by atoms with van der Waals surface area (Å²) >= 11 is 11.7. The number of rotatable bonds is 4. The van der Waals surface area contributed by atoms with Crippen LogP contribution in [-0.4, -0.2) is 6.29 Å². The molecule has 0 saturated carbocycles. The van der Waals surface area contributed by atoms with Gasteiger partial charge in [0.25, 0.3) is 0 Å².